The maximum atomic E-state index is 12.4. The molecular weight excluding hydrogens is 370 g/mol. The Kier molecular flexibility index (Phi) is 6.57. The lowest BCUT2D eigenvalue weighted by atomic mass is 10.1. The van der Waals surface area contributed by atoms with E-state index < -0.39 is 5.60 Å². The van der Waals surface area contributed by atoms with Gasteiger partial charge in [0.15, 0.2) is 0 Å². The molecule has 2 aliphatic heterocycles. The number of imide groups is 1. The quantitative estimate of drug-likeness (QED) is 0.561. The van der Waals surface area contributed by atoms with E-state index in [-0.39, 0.29) is 17.9 Å². The molecule has 0 saturated carbocycles. The topological polar surface area (TPSA) is 79.0 Å². The van der Waals surface area contributed by atoms with Crippen molar-refractivity contribution >= 4 is 17.9 Å². The molecule has 1 fully saturated rings. The second-order valence-electron chi connectivity index (χ2n) is 8.85. The first-order valence-electron chi connectivity index (χ1n) is 10.4. The number of likely N-dealkylation sites (tertiary alicyclic amines) is 1. The van der Waals surface area contributed by atoms with Crippen LogP contribution in [0.3, 0.4) is 0 Å². The number of carbonyl (C=O) groups is 3. The number of nitrogens with one attached hydrogen (secondary N) is 1. The Bertz CT molecular complexity index is 737. The third kappa shape index (κ3) is 5.56. The van der Waals surface area contributed by atoms with Gasteiger partial charge in [-0.2, -0.15) is 0 Å². The average Bonchev–Trinajstić information content (AvgIpc) is 3.20. The van der Waals surface area contributed by atoms with Gasteiger partial charge >= 0.3 is 6.09 Å². The van der Waals surface area contributed by atoms with Gasteiger partial charge < -0.3 is 15.0 Å². The zero-order valence-electron chi connectivity index (χ0n) is 17.6. The minimum absolute atomic E-state index is 0.181. The number of hydrogen-bond acceptors (Lipinski definition) is 5. The Labute approximate surface area is 172 Å². The van der Waals surface area contributed by atoms with Crippen molar-refractivity contribution in [2.24, 2.45) is 5.92 Å². The van der Waals surface area contributed by atoms with Crippen molar-refractivity contribution in [3.8, 4) is 0 Å². The summed E-state index contributed by atoms with van der Waals surface area (Å²) in [6, 6.07) is 7.00. The van der Waals surface area contributed by atoms with Crippen molar-refractivity contribution < 1.29 is 19.1 Å². The molecule has 1 aromatic rings. The van der Waals surface area contributed by atoms with Gasteiger partial charge in [-0.05, 0) is 71.2 Å². The maximum absolute atomic E-state index is 12.4. The highest BCUT2D eigenvalue weighted by Crippen LogP contribution is 2.23. The lowest BCUT2D eigenvalue weighted by Crippen LogP contribution is -2.36. The monoisotopic (exact) mass is 401 g/mol. The number of amides is 3. The summed E-state index contributed by atoms with van der Waals surface area (Å²) in [5, 5.41) is 2.86. The zero-order valence-corrected chi connectivity index (χ0v) is 17.6. The van der Waals surface area contributed by atoms with Crippen molar-refractivity contribution in [1.29, 1.82) is 0 Å². The summed E-state index contributed by atoms with van der Waals surface area (Å²) in [5.41, 5.74) is 0.542. The summed E-state index contributed by atoms with van der Waals surface area (Å²) in [7, 11) is 0. The van der Waals surface area contributed by atoms with Crippen LogP contribution in [0.1, 0.15) is 60.7 Å². The van der Waals surface area contributed by atoms with Gasteiger partial charge in [-0.3, -0.25) is 14.5 Å². The standard InChI is InChI=1S/C22H31N3O4/c1-22(2,3)29-21(28)23-14-16-10-13-24(15-16)11-6-7-12-25-19(26)17-8-4-5-9-18(17)20(25)27/h4-5,8-9,16H,6-7,10-15H2,1-3H3,(H,23,28)/t16-/m0/s1. The number of ether oxygens (including phenoxy) is 1. The Balaban J connectivity index is 1.33. The molecule has 2 aliphatic rings. The zero-order chi connectivity index (χ0) is 21.0. The van der Waals surface area contributed by atoms with Crippen LogP contribution in [-0.4, -0.2) is 66.0 Å². The van der Waals surface area contributed by atoms with Gasteiger partial charge in [-0.25, -0.2) is 4.79 Å². The number of hydrogen-bond donors (Lipinski definition) is 1. The Morgan fingerprint density at radius 2 is 1.72 bits per heavy atom. The average molecular weight is 402 g/mol. The molecule has 0 unspecified atom stereocenters. The predicted octanol–water partition coefficient (Wildman–Crippen LogP) is 2.91. The Morgan fingerprint density at radius 1 is 1.10 bits per heavy atom. The molecule has 1 atom stereocenters. The molecule has 7 nitrogen and oxygen atoms in total. The van der Waals surface area contributed by atoms with E-state index in [4.69, 9.17) is 4.74 Å². The van der Waals surface area contributed by atoms with Crippen LogP contribution in [0.25, 0.3) is 0 Å². The molecule has 3 rings (SSSR count). The van der Waals surface area contributed by atoms with Crippen molar-refractivity contribution in [2.45, 2.75) is 45.6 Å². The van der Waals surface area contributed by atoms with Crippen molar-refractivity contribution in [1.82, 2.24) is 15.1 Å². The van der Waals surface area contributed by atoms with Crippen LogP contribution in [0.2, 0.25) is 0 Å². The van der Waals surface area contributed by atoms with Gasteiger partial charge in [0.1, 0.15) is 5.60 Å². The largest absolute Gasteiger partial charge is 0.444 e. The number of carbonyl (C=O) groups excluding carboxylic acids is 3. The lowest BCUT2D eigenvalue weighted by molar-refractivity contribution is 0.0518. The van der Waals surface area contributed by atoms with E-state index in [1.807, 2.05) is 20.8 Å². The van der Waals surface area contributed by atoms with E-state index >= 15 is 0 Å². The number of rotatable bonds is 7. The minimum Gasteiger partial charge on any atom is -0.444 e. The second kappa shape index (κ2) is 8.95. The molecule has 1 saturated heterocycles. The molecule has 0 aromatic heterocycles. The fourth-order valence-electron chi connectivity index (χ4n) is 3.87. The Morgan fingerprint density at radius 3 is 2.34 bits per heavy atom. The van der Waals surface area contributed by atoms with E-state index in [2.05, 4.69) is 10.2 Å². The van der Waals surface area contributed by atoms with Crippen LogP contribution in [-0.2, 0) is 4.74 Å². The normalized spacial score (nSPS) is 19.6. The fraction of sp³-hybridized carbons (Fsp3) is 0.591. The SMILES string of the molecule is CC(C)(C)OC(=O)NC[C@@H]1CCN(CCCCN2C(=O)c3ccccc3C2=O)C1. The van der Waals surface area contributed by atoms with Gasteiger partial charge in [0.2, 0.25) is 0 Å². The molecule has 0 radical (unpaired) electrons. The Hall–Kier alpha value is -2.41. The van der Waals surface area contributed by atoms with E-state index in [0.717, 1.165) is 38.9 Å². The highest BCUT2D eigenvalue weighted by atomic mass is 16.6. The first-order valence-corrected chi connectivity index (χ1v) is 10.4. The first-order chi connectivity index (χ1) is 13.7. The number of benzene rings is 1. The summed E-state index contributed by atoms with van der Waals surface area (Å²) >= 11 is 0. The summed E-state index contributed by atoms with van der Waals surface area (Å²) in [4.78, 5) is 40.2. The van der Waals surface area contributed by atoms with Gasteiger partial charge in [0, 0.05) is 19.6 Å². The molecule has 2 heterocycles. The lowest BCUT2D eigenvalue weighted by Gasteiger charge is -2.21. The maximum Gasteiger partial charge on any atom is 0.407 e. The highest BCUT2D eigenvalue weighted by Gasteiger charge is 2.34. The van der Waals surface area contributed by atoms with E-state index in [1.54, 1.807) is 24.3 Å². The van der Waals surface area contributed by atoms with Crippen LogP contribution in [0.5, 0.6) is 0 Å². The molecule has 0 bridgehead atoms. The van der Waals surface area contributed by atoms with Crippen LogP contribution in [0.4, 0.5) is 4.79 Å². The van der Waals surface area contributed by atoms with Crippen molar-refractivity contribution in [2.75, 3.05) is 32.7 Å². The molecule has 158 valence electrons. The first kappa shape index (κ1) is 21.3. The molecule has 3 amide bonds. The third-order valence-electron chi connectivity index (χ3n) is 5.29. The molecule has 7 heteroatoms. The van der Waals surface area contributed by atoms with Gasteiger partial charge in [-0.1, -0.05) is 12.1 Å². The molecule has 1 N–H and O–H groups in total. The number of unbranched alkanes of at least 4 members (excludes halogenated alkanes) is 1. The highest BCUT2D eigenvalue weighted by molar-refractivity contribution is 6.21. The minimum atomic E-state index is -0.481. The van der Waals surface area contributed by atoms with Gasteiger partial charge in [-0.15, -0.1) is 0 Å². The summed E-state index contributed by atoms with van der Waals surface area (Å²) in [5.74, 6) is 0.0684. The van der Waals surface area contributed by atoms with Crippen LogP contribution >= 0.6 is 0 Å². The van der Waals surface area contributed by atoms with Crippen LogP contribution < -0.4 is 5.32 Å². The van der Waals surface area contributed by atoms with Crippen molar-refractivity contribution in [3.05, 3.63) is 35.4 Å². The van der Waals surface area contributed by atoms with Crippen LogP contribution in [0, 0.1) is 5.92 Å². The second-order valence-corrected chi connectivity index (χ2v) is 8.85. The van der Waals surface area contributed by atoms with Crippen LogP contribution in [0.15, 0.2) is 24.3 Å². The molecule has 29 heavy (non-hydrogen) atoms. The van der Waals surface area contributed by atoms with E-state index in [0.29, 0.717) is 30.1 Å². The predicted molar refractivity (Wildman–Crippen MR) is 110 cm³/mol. The number of fused-ring (bicyclic) bond motifs is 1. The number of nitrogens with zero attached hydrogens (tertiary/aromatic N) is 2. The molecule has 0 aliphatic carbocycles. The molecular formula is C22H31N3O4. The molecule has 1 aromatic carbocycles. The van der Waals surface area contributed by atoms with Gasteiger partial charge in [0.05, 0.1) is 11.1 Å². The third-order valence-corrected chi connectivity index (χ3v) is 5.29. The number of alkyl carbamates (subject to hydrolysis) is 1. The fourth-order valence-corrected chi connectivity index (χ4v) is 3.87. The molecule has 0 spiro atoms. The smallest absolute Gasteiger partial charge is 0.407 e. The summed E-state index contributed by atoms with van der Waals surface area (Å²) in [6.07, 6.45) is 2.41. The summed E-state index contributed by atoms with van der Waals surface area (Å²) in [6.45, 7) is 9.54. The van der Waals surface area contributed by atoms with E-state index in [9.17, 15) is 14.4 Å². The van der Waals surface area contributed by atoms with Crippen molar-refractivity contribution in [3.63, 3.8) is 0 Å². The van der Waals surface area contributed by atoms with E-state index in [1.165, 1.54) is 4.90 Å². The van der Waals surface area contributed by atoms with Gasteiger partial charge in [0.25, 0.3) is 11.8 Å². The summed E-state index contributed by atoms with van der Waals surface area (Å²) < 4.78 is 5.27.